The molecule has 1 fully saturated rings. The number of hydrogen-bond donors (Lipinski definition) is 0. The highest BCUT2D eigenvalue weighted by Crippen LogP contribution is 2.11. The van der Waals surface area contributed by atoms with Gasteiger partial charge in [0.2, 0.25) is 0 Å². The first kappa shape index (κ1) is 16.9. The lowest BCUT2D eigenvalue weighted by Gasteiger charge is -2.29. The quantitative estimate of drug-likeness (QED) is 0.781. The molecule has 24 heavy (non-hydrogen) atoms. The molecule has 0 N–H and O–H groups in total. The van der Waals surface area contributed by atoms with Gasteiger partial charge in [0.15, 0.2) is 0 Å². The van der Waals surface area contributed by atoms with Gasteiger partial charge >= 0.3 is 0 Å². The van der Waals surface area contributed by atoms with Crippen molar-refractivity contribution in [2.45, 2.75) is 25.9 Å². The molecular formula is C21H26N2O. The first-order chi connectivity index (χ1) is 11.8. The van der Waals surface area contributed by atoms with Crippen LogP contribution in [0, 0.1) is 0 Å². The van der Waals surface area contributed by atoms with Gasteiger partial charge in [-0.3, -0.25) is 9.69 Å². The third-order valence-electron chi connectivity index (χ3n) is 4.64. The monoisotopic (exact) mass is 322 g/mol. The minimum atomic E-state index is 0.414. The number of carbonyl (C=O) groups is 1. The van der Waals surface area contributed by atoms with Crippen LogP contribution in [0.1, 0.15) is 24.0 Å². The molecule has 0 radical (unpaired) electrons. The van der Waals surface area contributed by atoms with Crippen LogP contribution < -0.4 is 0 Å². The summed E-state index contributed by atoms with van der Waals surface area (Å²) in [6.45, 7) is 5.82. The Bertz CT molecular complexity index is 575. The first-order valence-corrected chi connectivity index (χ1v) is 8.84. The van der Waals surface area contributed by atoms with Crippen LogP contribution in [0.2, 0.25) is 0 Å². The minimum Gasteiger partial charge on any atom is -0.301 e. The number of piperidine rings is 1. The van der Waals surface area contributed by atoms with E-state index in [2.05, 4.69) is 70.5 Å². The van der Waals surface area contributed by atoms with Crippen molar-refractivity contribution in [3.05, 3.63) is 71.8 Å². The molecule has 1 aliphatic rings. The number of hydrogen-bond acceptors (Lipinski definition) is 3. The maximum Gasteiger partial charge on any atom is 0.135 e. The third kappa shape index (κ3) is 5.29. The van der Waals surface area contributed by atoms with E-state index in [1.54, 1.807) is 0 Å². The fourth-order valence-electron chi connectivity index (χ4n) is 3.21. The van der Waals surface area contributed by atoms with Gasteiger partial charge < -0.3 is 4.90 Å². The molecule has 2 aromatic rings. The fraction of sp³-hybridized carbons (Fsp3) is 0.381. The van der Waals surface area contributed by atoms with Crippen molar-refractivity contribution >= 4 is 5.78 Å². The van der Waals surface area contributed by atoms with E-state index in [4.69, 9.17) is 0 Å². The van der Waals surface area contributed by atoms with Crippen molar-refractivity contribution < 1.29 is 4.79 Å². The Morgan fingerprint density at radius 2 is 1.29 bits per heavy atom. The first-order valence-electron chi connectivity index (χ1n) is 8.84. The van der Waals surface area contributed by atoms with Gasteiger partial charge in [-0.15, -0.1) is 0 Å². The second kappa shape index (κ2) is 8.76. The van der Waals surface area contributed by atoms with Crippen molar-refractivity contribution in [3.63, 3.8) is 0 Å². The van der Waals surface area contributed by atoms with Gasteiger partial charge in [-0.25, -0.2) is 0 Å². The average molecular weight is 322 g/mol. The van der Waals surface area contributed by atoms with Gasteiger partial charge in [0.1, 0.15) is 5.78 Å². The van der Waals surface area contributed by atoms with Crippen LogP contribution in [0.3, 0.4) is 0 Å². The summed E-state index contributed by atoms with van der Waals surface area (Å²) in [7, 11) is 0. The molecule has 3 nitrogen and oxygen atoms in total. The highest BCUT2D eigenvalue weighted by molar-refractivity contribution is 5.79. The van der Waals surface area contributed by atoms with E-state index < -0.39 is 0 Å². The van der Waals surface area contributed by atoms with Crippen LogP contribution >= 0.6 is 0 Å². The SMILES string of the molecule is O=C1CCN(CCN(Cc2ccccc2)Cc2ccccc2)CC1. The van der Waals surface area contributed by atoms with E-state index in [1.807, 2.05) is 0 Å². The Hall–Kier alpha value is -1.97. The lowest BCUT2D eigenvalue weighted by Crippen LogP contribution is -2.39. The zero-order chi connectivity index (χ0) is 16.6. The average Bonchev–Trinajstić information content (AvgIpc) is 2.63. The maximum atomic E-state index is 11.4. The Labute approximate surface area is 144 Å². The van der Waals surface area contributed by atoms with Crippen molar-refractivity contribution in [1.29, 1.82) is 0 Å². The maximum absolute atomic E-state index is 11.4. The zero-order valence-electron chi connectivity index (χ0n) is 14.2. The molecule has 1 aliphatic heterocycles. The molecule has 3 rings (SSSR count). The summed E-state index contributed by atoms with van der Waals surface area (Å²) in [4.78, 5) is 16.3. The van der Waals surface area contributed by atoms with E-state index in [-0.39, 0.29) is 0 Å². The van der Waals surface area contributed by atoms with E-state index in [9.17, 15) is 4.79 Å². The zero-order valence-corrected chi connectivity index (χ0v) is 14.2. The number of carbonyl (C=O) groups excluding carboxylic acids is 1. The molecule has 0 amide bonds. The topological polar surface area (TPSA) is 23.6 Å². The Morgan fingerprint density at radius 1 is 0.792 bits per heavy atom. The normalized spacial score (nSPS) is 15.8. The summed E-state index contributed by atoms with van der Waals surface area (Å²) < 4.78 is 0. The third-order valence-corrected chi connectivity index (χ3v) is 4.64. The molecule has 0 unspecified atom stereocenters. The highest BCUT2D eigenvalue weighted by Gasteiger charge is 2.17. The van der Waals surface area contributed by atoms with Crippen LogP contribution in [-0.4, -0.2) is 41.8 Å². The molecule has 0 atom stereocenters. The molecule has 0 saturated carbocycles. The number of nitrogens with zero attached hydrogens (tertiary/aromatic N) is 2. The lowest BCUT2D eigenvalue weighted by atomic mass is 10.1. The summed E-state index contributed by atoms with van der Waals surface area (Å²) >= 11 is 0. The van der Waals surface area contributed by atoms with Crippen molar-refractivity contribution in [1.82, 2.24) is 9.80 Å². The van der Waals surface area contributed by atoms with E-state index in [0.717, 1.165) is 52.1 Å². The van der Waals surface area contributed by atoms with Gasteiger partial charge in [0, 0.05) is 52.1 Å². The predicted octanol–water partition coefficient (Wildman–Crippen LogP) is 3.35. The second-order valence-electron chi connectivity index (χ2n) is 6.56. The number of benzene rings is 2. The molecule has 1 saturated heterocycles. The molecule has 0 aromatic heterocycles. The minimum absolute atomic E-state index is 0.414. The molecule has 0 spiro atoms. The van der Waals surface area contributed by atoms with Gasteiger partial charge in [-0.05, 0) is 11.1 Å². The predicted molar refractivity (Wildman–Crippen MR) is 97.7 cm³/mol. The Balaban J connectivity index is 1.59. The molecule has 126 valence electrons. The van der Waals surface area contributed by atoms with E-state index in [0.29, 0.717) is 5.78 Å². The molecule has 0 aliphatic carbocycles. The largest absolute Gasteiger partial charge is 0.301 e. The van der Waals surface area contributed by atoms with Crippen molar-refractivity contribution in [2.75, 3.05) is 26.2 Å². The molecule has 0 bridgehead atoms. The summed E-state index contributed by atoms with van der Waals surface area (Å²) in [5.41, 5.74) is 2.70. The Kier molecular flexibility index (Phi) is 6.16. The number of likely N-dealkylation sites (tertiary alicyclic amines) is 1. The van der Waals surface area contributed by atoms with Gasteiger partial charge in [-0.1, -0.05) is 60.7 Å². The standard InChI is InChI=1S/C21H26N2O/c24-21-11-13-22(14-12-21)15-16-23(17-19-7-3-1-4-8-19)18-20-9-5-2-6-10-20/h1-10H,11-18H2. The summed E-state index contributed by atoms with van der Waals surface area (Å²) in [6.07, 6.45) is 1.44. The Morgan fingerprint density at radius 3 is 1.79 bits per heavy atom. The van der Waals surface area contributed by atoms with Crippen LogP contribution in [-0.2, 0) is 17.9 Å². The second-order valence-corrected chi connectivity index (χ2v) is 6.56. The van der Waals surface area contributed by atoms with Crippen LogP contribution in [0.25, 0.3) is 0 Å². The summed E-state index contributed by atoms with van der Waals surface area (Å²) in [5.74, 6) is 0.414. The highest BCUT2D eigenvalue weighted by atomic mass is 16.1. The van der Waals surface area contributed by atoms with Crippen LogP contribution in [0.5, 0.6) is 0 Å². The van der Waals surface area contributed by atoms with Crippen LogP contribution in [0.15, 0.2) is 60.7 Å². The lowest BCUT2D eigenvalue weighted by molar-refractivity contribution is -0.121. The van der Waals surface area contributed by atoms with Crippen molar-refractivity contribution in [2.24, 2.45) is 0 Å². The summed E-state index contributed by atoms with van der Waals surface area (Å²) in [5, 5.41) is 0. The molecule has 2 aromatic carbocycles. The van der Waals surface area contributed by atoms with E-state index >= 15 is 0 Å². The molecule has 1 heterocycles. The number of ketones is 1. The fourth-order valence-corrected chi connectivity index (χ4v) is 3.21. The summed E-state index contributed by atoms with van der Waals surface area (Å²) in [6, 6.07) is 21.3. The van der Waals surface area contributed by atoms with E-state index in [1.165, 1.54) is 11.1 Å². The van der Waals surface area contributed by atoms with Gasteiger partial charge in [0.05, 0.1) is 0 Å². The molecular weight excluding hydrogens is 296 g/mol. The van der Waals surface area contributed by atoms with Gasteiger partial charge in [0.25, 0.3) is 0 Å². The molecule has 3 heteroatoms. The smallest absolute Gasteiger partial charge is 0.135 e. The van der Waals surface area contributed by atoms with Crippen molar-refractivity contribution in [3.8, 4) is 0 Å². The van der Waals surface area contributed by atoms with Gasteiger partial charge in [-0.2, -0.15) is 0 Å². The number of rotatable bonds is 7. The van der Waals surface area contributed by atoms with Crippen LogP contribution in [0.4, 0.5) is 0 Å². The number of Topliss-reactive ketones (excluding diaryl/α,β-unsaturated/α-hetero) is 1.